The van der Waals surface area contributed by atoms with Crippen LogP contribution in [0.1, 0.15) is 23.4 Å². The van der Waals surface area contributed by atoms with Gasteiger partial charge in [0.2, 0.25) is 10.0 Å². The highest BCUT2D eigenvalue weighted by Gasteiger charge is 2.35. The van der Waals surface area contributed by atoms with E-state index in [1.807, 2.05) is 18.4 Å². The van der Waals surface area contributed by atoms with Crippen LogP contribution in [0.15, 0.2) is 28.7 Å². The van der Waals surface area contributed by atoms with Gasteiger partial charge in [-0.25, -0.2) is 8.42 Å². The number of aliphatic hydroxyl groups is 1. The summed E-state index contributed by atoms with van der Waals surface area (Å²) in [5, 5.41) is 14.9. The van der Waals surface area contributed by atoms with Gasteiger partial charge >= 0.3 is 0 Å². The van der Waals surface area contributed by atoms with Gasteiger partial charge in [-0.3, -0.25) is 4.68 Å². The lowest BCUT2D eigenvalue weighted by molar-refractivity contribution is 0.269. The summed E-state index contributed by atoms with van der Waals surface area (Å²) < 4.78 is 28.5. The molecule has 1 N–H and O–H groups in total. The molecule has 0 amide bonds. The zero-order chi connectivity index (χ0) is 15.0. The Morgan fingerprint density at radius 1 is 1.52 bits per heavy atom. The number of nitrogens with zero attached hydrogens (tertiary/aromatic N) is 3. The highest BCUT2D eigenvalue weighted by molar-refractivity contribution is 7.89. The topological polar surface area (TPSA) is 75.4 Å². The monoisotopic (exact) mass is 327 g/mol. The molecule has 0 saturated carbocycles. The molecule has 21 heavy (non-hydrogen) atoms. The normalized spacial score (nSPS) is 19.6. The standard InChI is InChI=1S/C13H17N3O3S2/c1-10-12-3-7-20-13(12)2-4-16(10)21(18,19)11-8-14-15(9-11)5-6-17/h3,7-10,17H,2,4-6H2,1H3. The number of sulfonamides is 1. The van der Waals surface area contributed by atoms with Crippen LogP contribution in [0.5, 0.6) is 0 Å². The van der Waals surface area contributed by atoms with E-state index in [2.05, 4.69) is 5.10 Å². The summed E-state index contributed by atoms with van der Waals surface area (Å²) in [6.07, 6.45) is 3.57. The molecule has 0 spiro atoms. The zero-order valence-electron chi connectivity index (χ0n) is 11.6. The Morgan fingerprint density at radius 2 is 2.33 bits per heavy atom. The van der Waals surface area contributed by atoms with Gasteiger partial charge in [0, 0.05) is 23.7 Å². The van der Waals surface area contributed by atoms with Crippen LogP contribution >= 0.6 is 11.3 Å². The van der Waals surface area contributed by atoms with E-state index >= 15 is 0 Å². The van der Waals surface area contributed by atoms with E-state index in [0.717, 1.165) is 12.0 Å². The van der Waals surface area contributed by atoms with Crippen LogP contribution in [0.4, 0.5) is 0 Å². The predicted molar refractivity (Wildman–Crippen MR) is 79.6 cm³/mol. The Bertz CT molecular complexity index is 735. The summed E-state index contributed by atoms with van der Waals surface area (Å²) in [5.74, 6) is 0. The molecule has 0 aliphatic carbocycles. The highest BCUT2D eigenvalue weighted by atomic mass is 32.2. The molecule has 3 heterocycles. The van der Waals surface area contributed by atoms with Crippen LogP contribution < -0.4 is 0 Å². The average Bonchev–Trinajstić information content (AvgIpc) is 3.08. The predicted octanol–water partition coefficient (Wildman–Crippen LogP) is 1.24. The number of hydrogen-bond acceptors (Lipinski definition) is 5. The summed E-state index contributed by atoms with van der Waals surface area (Å²) in [5.41, 5.74) is 1.09. The Balaban J connectivity index is 1.91. The summed E-state index contributed by atoms with van der Waals surface area (Å²) >= 11 is 1.68. The Morgan fingerprint density at radius 3 is 3.10 bits per heavy atom. The van der Waals surface area contributed by atoms with Crippen molar-refractivity contribution in [3.8, 4) is 0 Å². The number of aliphatic hydroxyl groups excluding tert-OH is 1. The van der Waals surface area contributed by atoms with Gasteiger partial charge in [-0.2, -0.15) is 9.40 Å². The van der Waals surface area contributed by atoms with Crippen molar-refractivity contribution in [1.29, 1.82) is 0 Å². The SMILES string of the molecule is CC1c2ccsc2CCN1S(=O)(=O)c1cnn(CCO)c1. The third-order valence-corrected chi connectivity index (χ3v) is 6.69. The molecular formula is C13H17N3O3S2. The minimum atomic E-state index is -3.56. The lowest BCUT2D eigenvalue weighted by atomic mass is 10.0. The number of aromatic nitrogens is 2. The largest absolute Gasteiger partial charge is 0.394 e. The first-order valence-corrected chi connectivity index (χ1v) is 9.07. The smallest absolute Gasteiger partial charge is 0.246 e. The van der Waals surface area contributed by atoms with E-state index in [4.69, 9.17) is 5.11 Å². The second-order valence-electron chi connectivity index (χ2n) is 5.00. The van der Waals surface area contributed by atoms with Crippen molar-refractivity contribution in [1.82, 2.24) is 14.1 Å². The molecule has 1 aliphatic heterocycles. The molecule has 0 aromatic carbocycles. The maximum atomic E-state index is 12.8. The van der Waals surface area contributed by atoms with Crippen LogP contribution in [-0.2, 0) is 23.0 Å². The van der Waals surface area contributed by atoms with Crippen molar-refractivity contribution in [2.75, 3.05) is 13.2 Å². The van der Waals surface area contributed by atoms with Crippen LogP contribution in [0.25, 0.3) is 0 Å². The summed E-state index contributed by atoms with van der Waals surface area (Å²) in [4.78, 5) is 1.45. The van der Waals surface area contributed by atoms with Gasteiger partial charge < -0.3 is 5.11 Å². The quantitative estimate of drug-likeness (QED) is 0.917. The summed E-state index contributed by atoms with van der Waals surface area (Å²) in [7, 11) is -3.56. The van der Waals surface area contributed by atoms with Crippen molar-refractivity contribution in [2.24, 2.45) is 0 Å². The van der Waals surface area contributed by atoms with Crippen LogP contribution in [-0.4, -0.2) is 40.8 Å². The molecule has 114 valence electrons. The maximum absolute atomic E-state index is 12.8. The molecule has 1 unspecified atom stereocenters. The van der Waals surface area contributed by atoms with Crippen LogP contribution in [0.2, 0.25) is 0 Å². The van der Waals surface area contributed by atoms with Crippen molar-refractivity contribution in [3.63, 3.8) is 0 Å². The summed E-state index contributed by atoms with van der Waals surface area (Å²) in [6.45, 7) is 2.63. The van der Waals surface area contributed by atoms with E-state index in [0.29, 0.717) is 13.1 Å². The van der Waals surface area contributed by atoms with E-state index in [1.54, 1.807) is 11.3 Å². The lowest BCUT2D eigenvalue weighted by Gasteiger charge is -2.32. The molecule has 0 radical (unpaired) electrons. The van der Waals surface area contributed by atoms with E-state index < -0.39 is 10.0 Å². The second kappa shape index (κ2) is 5.53. The first-order chi connectivity index (χ1) is 10.0. The van der Waals surface area contributed by atoms with Gasteiger partial charge in [0.25, 0.3) is 0 Å². The molecule has 6 nitrogen and oxygen atoms in total. The fraction of sp³-hybridized carbons (Fsp3) is 0.462. The van der Waals surface area contributed by atoms with Crippen molar-refractivity contribution < 1.29 is 13.5 Å². The van der Waals surface area contributed by atoms with E-state index in [1.165, 1.54) is 26.3 Å². The fourth-order valence-electron chi connectivity index (χ4n) is 2.65. The van der Waals surface area contributed by atoms with Crippen LogP contribution in [0, 0.1) is 0 Å². The molecule has 0 fully saturated rings. The van der Waals surface area contributed by atoms with Gasteiger partial charge in [-0.05, 0) is 30.4 Å². The Kier molecular flexibility index (Phi) is 3.87. The number of hydrogen-bond donors (Lipinski definition) is 1. The third kappa shape index (κ3) is 2.52. The first kappa shape index (κ1) is 14.7. The Hall–Kier alpha value is -1.22. The molecule has 0 bridgehead atoms. The molecule has 0 saturated heterocycles. The van der Waals surface area contributed by atoms with E-state index in [9.17, 15) is 8.42 Å². The van der Waals surface area contributed by atoms with Crippen molar-refractivity contribution in [3.05, 3.63) is 34.3 Å². The first-order valence-electron chi connectivity index (χ1n) is 6.75. The highest BCUT2D eigenvalue weighted by Crippen LogP contribution is 2.36. The number of fused-ring (bicyclic) bond motifs is 1. The molecule has 2 aromatic rings. The van der Waals surface area contributed by atoms with Crippen LogP contribution in [0.3, 0.4) is 0 Å². The second-order valence-corrected chi connectivity index (χ2v) is 7.89. The average molecular weight is 327 g/mol. The van der Waals surface area contributed by atoms with E-state index in [-0.39, 0.29) is 17.5 Å². The Labute approximate surface area is 127 Å². The molecule has 1 atom stereocenters. The maximum Gasteiger partial charge on any atom is 0.246 e. The minimum Gasteiger partial charge on any atom is -0.394 e. The van der Waals surface area contributed by atoms with Gasteiger partial charge in [0.15, 0.2) is 0 Å². The fourth-order valence-corrected chi connectivity index (χ4v) is 5.18. The lowest BCUT2D eigenvalue weighted by Crippen LogP contribution is -2.38. The molecule has 2 aromatic heterocycles. The van der Waals surface area contributed by atoms with Crippen molar-refractivity contribution >= 4 is 21.4 Å². The van der Waals surface area contributed by atoms with Gasteiger partial charge in [0.05, 0.1) is 19.3 Å². The molecular weight excluding hydrogens is 310 g/mol. The molecule has 8 heteroatoms. The van der Waals surface area contributed by atoms with Gasteiger partial charge in [0.1, 0.15) is 4.90 Å². The minimum absolute atomic E-state index is 0.0699. The number of thiophene rings is 1. The van der Waals surface area contributed by atoms with Gasteiger partial charge in [-0.15, -0.1) is 11.3 Å². The molecule has 3 rings (SSSR count). The molecule has 1 aliphatic rings. The van der Waals surface area contributed by atoms with Crippen molar-refractivity contribution in [2.45, 2.75) is 30.8 Å². The third-order valence-electron chi connectivity index (χ3n) is 3.77. The zero-order valence-corrected chi connectivity index (χ0v) is 13.3. The van der Waals surface area contributed by atoms with Gasteiger partial charge in [-0.1, -0.05) is 0 Å². The summed E-state index contributed by atoms with van der Waals surface area (Å²) in [6, 6.07) is 1.84. The number of rotatable bonds is 4.